The Morgan fingerprint density at radius 1 is 0.816 bits per heavy atom. The van der Waals surface area contributed by atoms with Crippen LogP contribution >= 0.6 is 0 Å². The van der Waals surface area contributed by atoms with E-state index in [1.807, 2.05) is 60.7 Å². The number of aromatic nitrogens is 3. The monoisotopic (exact) mass is 506 g/mol. The number of nitro benzene ring substituents is 1. The number of nitro groups is 1. The molecule has 3 aromatic carbocycles. The molecule has 0 saturated carbocycles. The van der Waals surface area contributed by atoms with E-state index in [4.69, 9.17) is 4.42 Å². The number of hydrogen-bond acceptors (Lipinski definition) is 10. The fraction of sp³-hybridized carbons (Fsp3) is 0.0370. The van der Waals surface area contributed by atoms with Crippen LogP contribution in [0.5, 0.6) is 0 Å². The second-order valence-corrected chi connectivity index (χ2v) is 8.01. The third-order valence-electron chi connectivity index (χ3n) is 5.30. The molecule has 0 spiro atoms. The van der Waals surface area contributed by atoms with Crippen LogP contribution in [0.4, 0.5) is 29.2 Å². The third kappa shape index (κ3) is 6.34. The number of hydrazone groups is 1. The maximum atomic E-state index is 10.9. The SMILES string of the molecule is O=[N+]([O-])c1ccc(-c2ccc(/C=N/Nc3nc(NCc4ccccc4)nc(Nc4ccccc4)n3)o2)cc1. The maximum Gasteiger partial charge on any atom is 0.269 e. The highest BCUT2D eigenvalue weighted by Gasteiger charge is 2.09. The molecule has 38 heavy (non-hydrogen) atoms. The van der Waals surface area contributed by atoms with Gasteiger partial charge in [0.1, 0.15) is 11.5 Å². The van der Waals surface area contributed by atoms with Gasteiger partial charge in [0.15, 0.2) is 0 Å². The van der Waals surface area contributed by atoms with Gasteiger partial charge >= 0.3 is 0 Å². The molecule has 0 bridgehead atoms. The van der Waals surface area contributed by atoms with Gasteiger partial charge in [-0.25, -0.2) is 5.43 Å². The molecule has 5 rings (SSSR count). The lowest BCUT2D eigenvalue weighted by atomic mass is 10.1. The standard InChI is InChI=1S/C27H22N8O3/c36-35(37)22-13-11-20(12-14-22)24-16-15-23(38-24)18-29-34-27-32-25(28-17-19-7-3-1-4-8-19)31-26(33-27)30-21-9-5-2-6-10-21/h1-16,18H,17H2,(H3,28,30,31,32,33,34)/b29-18+. The number of furan rings is 1. The Labute approximate surface area is 217 Å². The number of benzene rings is 3. The van der Waals surface area contributed by atoms with E-state index < -0.39 is 4.92 Å². The van der Waals surface area contributed by atoms with E-state index in [9.17, 15) is 10.1 Å². The van der Waals surface area contributed by atoms with E-state index >= 15 is 0 Å². The summed E-state index contributed by atoms with van der Waals surface area (Å²) in [6.07, 6.45) is 1.49. The highest BCUT2D eigenvalue weighted by molar-refractivity contribution is 5.78. The molecule has 3 N–H and O–H groups in total. The number of hydrogen-bond donors (Lipinski definition) is 3. The number of rotatable bonds is 10. The topological polar surface area (TPSA) is 143 Å². The number of nitrogens with one attached hydrogen (secondary N) is 3. The van der Waals surface area contributed by atoms with Gasteiger partial charge in [-0.3, -0.25) is 10.1 Å². The van der Waals surface area contributed by atoms with E-state index in [2.05, 4.69) is 36.1 Å². The van der Waals surface area contributed by atoms with Crippen molar-refractivity contribution in [2.45, 2.75) is 6.54 Å². The van der Waals surface area contributed by atoms with E-state index in [1.54, 1.807) is 24.3 Å². The molecule has 188 valence electrons. The van der Waals surface area contributed by atoms with Gasteiger partial charge in [0.2, 0.25) is 17.8 Å². The molecular formula is C27H22N8O3. The van der Waals surface area contributed by atoms with E-state index in [1.165, 1.54) is 18.3 Å². The van der Waals surface area contributed by atoms with Crippen molar-refractivity contribution >= 4 is 35.4 Å². The zero-order chi connectivity index (χ0) is 26.2. The molecule has 0 aliphatic rings. The van der Waals surface area contributed by atoms with Crippen LogP contribution in [0.2, 0.25) is 0 Å². The molecule has 2 aromatic heterocycles. The Kier molecular flexibility index (Phi) is 7.26. The van der Waals surface area contributed by atoms with Crippen molar-refractivity contribution < 1.29 is 9.34 Å². The second kappa shape index (κ2) is 11.4. The molecule has 0 atom stereocenters. The smallest absolute Gasteiger partial charge is 0.269 e. The van der Waals surface area contributed by atoms with Gasteiger partial charge < -0.3 is 15.1 Å². The Morgan fingerprint density at radius 2 is 1.50 bits per heavy atom. The minimum absolute atomic E-state index is 0.0161. The normalized spacial score (nSPS) is 10.8. The Morgan fingerprint density at radius 3 is 2.24 bits per heavy atom. The van der Waals surface area contributed by atoms with Crippen LogP contribution in [0.1, 0.15) is 11.3 Å². The van der Waals surface area contributed by atoms with E-state index in [-0.39, 0.29) is 11.6 Å². The van der Waals surface area contributed by atoms with Crippen molar-refractivity contribution in [3.63, 3.8) is 0 Å². The summed E-state index contributed by atoms with van der Waals surface area (Å²) in [6.45, 7) is 0.538. The second-order valence-electron chi connectivity index (χ2n) is 8.01. The summed E-state index contributed by atoms with van der Waals surface area (Å²) in [4.78, 5) is 23.7. The van der Waals surface area contributed by atoms with E-state index in [0.29, 0.717) is 35.5 Å². The fourth-order valence-corrected chi connectivity index (χ4v) is 3.47. The first-order valence-corrected chi connectivity index (χ1v) is 11.6. The summed E-state index contributed by atoms with van der Waals surface area (Å²) in [7, 11) is 0. The predicted octanol–water partition coefficient (Wildman–Crippen LogP) is 5.84. The van der Waals surface area contributed by atoms with Crippen LogP contribution in [0.15, 0.2) is 107 Å². The first-order valence-electron chi connectivity index (χ1n) is 11.6. The van der Waals surface area contributed by atoms with Crippen molar-refractivity contribution in [3.8, 4) is 11.3 Å². The lowest BCUT2D eigenvalue weighted by Crippen LogP contribution is -2.09. The summed E-state index contributed by atoms with van der Waals surface area (Å²) in [5.74, 6) is 1.98. The Hall–Kier alpha value is -5.58. The van der Waals surface area contributed by atoms with Gasteiger partial charge in [-0.05, 0) is 42.0 Å². The number of para-hydroxylation sites is 1. The minimum Gasteiger partial charge on any atom is -0.455 e. The fourth-order valence-electron chi connectivity index (χ4n) is 3.47. The highest BCUT2D eigenvalue weighted by atomic mass is 16.6. The van der Waals surface area contributed by atoms with Crippen LogP contribution in [-0.2, 0) is 6.54 Å². The molecule has 0 amide bonds. The molecule has 0 fully saturated rings. The van der Waals surface area contributed by atoms with Crippen LogP contribution in [0, 0.1) is 10.1 Å². The van der Waals surface area contributed by atoms with Gasteiger partial charge in [-0.15, -0.1) is 0 Å². The molecule has 11 heteroatoms. The minimum atomic E-state index is -0.444. The zero-order valence-electron chi connectivity index (χ0n) is 20.0. The molecule has 11 nitrogen and oxygen atoms in total. The maximum absolute atomic E-state index is 10.9. The molecular weight excluding hydrogens is 484 g/mol. The molecule has 0 aliphatic heterocycles. The average molecular weight is 507 g/mol. The first kappa shape index (κ1) is 24.1. The summed E-state index contributed by atoms with van der Waals surface area (Å²) >= 11 is 0. The van der Waals surface area contributed by atoms with Crippen LogP contribution in [0.3, 0.4) is 0 Å². The van der Waals surface area contributed by atoms with Gasteiger partial charge in [0, 0.05) is 29.9 Å². The van der Waals surface area contributed by atoms with Gasteiger partial charge in [0.05, 0.1) is 11.1 Å². The number of nitrogens with zero attached hydrogens (tertiary/aromatic N) is 5. The first-order chi connectivity index (χ1) is 18.6. The van der Waals surface area contributed by atoms with Crippen LogP contribution < -0.4 is 16.1 Å². The zero-order valence-corrected chi connectivity index (χ0v) is 20.0. The van der Waals surface area contributed by atoms with Crippen molar-refractivity contribution in [1.29, 1.82) is 0 Å². The molecule has 5 aromatic rings. The van der Waals surface area contributed by atoms with Gasteiger partial charge in [0.25, 0.3) is 5.69 Å². The average Bonchev–Trinajstić information content (AvgIpc) is 3.42. The molecule has 0 saturated heterocycles. The molecule has 2 heterocycles. The largest absolute Gasteiger partial charge is 0.455 e. The molecule has 0 radical (unpaired) electrons. The van der Waals surface area contributed by atoms with Crippen LogP contribution in [-0.4, -0.2) is 26.1 Å². The lowest BCUT2D eigenvalue weighted by molar-refractivity contribution is -0.384. The number of anilines is 4. The highest BCUT2D eigenvalue weighted by Crippen LogP contribution is 2.24. The van der Waals surface area contributed by atoms with Crippen LogP contribution in [0.25, 0.3) is 11.3 Å². The number of non-ortho nitro benzene ring substituents is 1. The lowest BCUT2D eigenvalue weighted by Gasteiger charge is -2.10. The van der Waals surface area contributed by atoms with Crippen molar-refractivity contribution in [3.05, 3.63) is 118 Å². The Bertz CT molecular complexity index is 1540. The van der Waals surface area contributed by atoms with Crippen molar-refractivity contribution in [2.24, 2.45) is 5.10 Å². The summed E-state index contributed by atoms with van der Waals surface area (Å²) < 4.78 is 5.78. The van der Waals surface area contributed by atoms with E-state index in [0.717, 1.165) is 11.3 Å². The third-order valence-corrected chi connectivity index (χ3v) is 5.30. The van der Waals surface area contributed by atoms with Gasteiger partial charge in [-0.1, -0.05) is 48.5 Å². The summed E-state index contributed by atoms with van der Waals surface area (Å²) in [5, 5.41) is 21.4. The van der Waals surface area contributed by atoms with Crippen molar-refractivity contribution in [2.75, 3.05) is 16.1 Å². The molecule has 0 aliphatic carbocycles. The predicted molar refractivity (Wildman–Crippen MR) is 145 cm³/mol. The molecule has 0 unspecified atom stereocenters. The Balaban J connectivity index is 1.30. The summed E-state index contributed by atoms with van der Waals surface area (Å²) in [6, 6.07) is 29.1. The van der Waals surface area contributed by atoms with Gasteiger partial charge in [-0.2, -0.15) is 20.1 Å². The quantitative estimate of drug-likeness (QED) is 0.121. The van der Waals surface area contributed by atoms with Crippen molar-refractivity contribution in [1.82, 2.24) is 15.0 Å². The summed E-state index contributed by atoms with van der Waals surface area (Å²) in [5.41, 5.74) is 5.46.